The van der Waals surface area contributed by atoms with E-state index >= 15 is 0 Å². The summed E-state index contributed by atoms with van der Waals surface area (Å²) in [6.07, 6.45) is 2.48. The number of anilines is 1. The Morgan fingerprint density at radius 1 is 1.13 bits per heavy atom. The van der Waals surface area contributed by atoms with Gasteiger partial charge in [0.1, 0.15) is 17.4 Å². The van der Waals surface area contributed by atoms with E-state index in [0.29, 0.717) is 33.2 Å². The SMILES string of the molecule is Oc1ccc(Br)cc1-c1cc(-c2c(F)cccc2Cl)cc(NCCN2CCCC2)n1. The maximum Gasteiger partial charge on any atom is 0.132 e. The van der Waals surface area contributed by atoms with Crippen LogP contribution in [0.25, 0.3) is 22.4 Å². The van der Waals surface area contributed by atoms with E-state index in [4.69, 9.17) is 11.6 Å². The van der Waals surface area contributed by atoms with Crippen LogP contribution in [0.15, 0.2) is 53.0 Å². The zero-order valence-electron chi connectivity index (χ0n) is 16.3. The maximum atomic E-state index is 14.6. The molecule has 1 aliphatic heterocycles. The Morgan fingerprint density at radius 3 is 2.70 bits per heavy atom. The number of nitrogens with zero attached hydrogens (tertiary/aromatic N) is 2. The molecular formula is C23H22BrClFN3O. The number of halogens is 3. The molecule has 30 heavy (non-hydrogen) atoms. The van der Waals surface area contributed by atoms with E-state index in [9.17, 15) is 9.50 Å². The standard InChI is InChI=1S/C23H22BrClFN3O/c24-16-6-7-21(30)17(14-16)20-12-15(23-18(25)4-3-5-19(23)26)13-22(28-20)27-8-11-29-9-1-2-10-29/h3-7,12-14,30H,1-2,8-11H2,(H,27,28). The Bertz CT molecular complexity index is 1040. The summed E-state index contributed by atoms with van der Waals surface area (Å²) < 4.78 is 15.4. The van der Waals surface area contributed by atoms with Gasteiger partial charge in [-0.2, -0.15) is 0 Å². The fourth-order valence-electron chi connectivity index (χ4n) is 3.74. The molecule has 2 aromatic carbocycles. The molecule has 2 N–H and O–H groups in total. The molecule has 1 aliphatic rings. The van der Waals surface area contributed by atoms with Gasteiger partial charge in [0, 0.05) is 28.7 Å². The summed E-state index contributed by atoms with van der Waals surface area (Å²) in [6, 6.07) is 13.3. The lowest BCUT2D eigenvalue weighted by molar-refractivity contribution is 0.352. The number of phenols is 1. The van der Waals surface area contributed by atoms with Crippen LogP contribution in [0.3, 0.4) is 0 Å². The zero-order valence-corrected chi connectivity index (χ0v) is 18.7. The van der Waals surface area contributed by atoms with Crippen LogP contribution in [-0.2, 0) is 0 Å². The Kier molecular flexibility index (Phi) is 6.56. The molecule has 0 aliphatic carbocycles. The second kappa shape index (κ2) is 9.33. The van der Waals surface area contributed by atoms with E-state index < -0.39 is 5.82 Å². The van der Waals surface area contributed by atoms with Gasteiger partial charge in [-0.15, -0.1) is 0 Å². The lowest BCUT2D eigenvalue weighted by Crippen LogP contribution is -2.26. The van der Waals surface area contributed by atoms with Crippen LogP contribution < -0.4 is 5.32 Å². The highest BCUT2D eigenvalue weighted by atomic mass is 79.9. The Balaban J connectivity index is 1.72. The summed E-state index contributed by atoms with van der Waals surface area (Å²) >= 11 is 9.75. The number of nitrogens with one attached hydrogen (secondary N) is 1. The molecule has 2 heterocycles. The van der Waals surface area contributed by atoms with Crippen LogP contribution in [0.1, 0.15) is 12.8 Å². The molecule has 4 nitrogen and oxygen atoms in total. The predicted octanol–water partition coefficient (Wildman–Crippen LogP) is 6.18. The molecule has 1 saturated heterocycles. The van der Waals surface area contributed by atoms with Crippen LogP contribution in [0.5, 0.6) is 5.75 Å². The van der Waals surface area contributed by atoms with Crippen LogP contribution in [0.4, 0.5) is 10.2 Å². The minimum Gasteiger partial charge on any atom is -0.507 e. The topological polar surface area (TPSA) is 48.4 Å². The molecule has 4 rings (SSSR count). The smallest absolute Gasteiger partial charge is 0.132 e. The highest BCUT2D eigenvalue weighted by molar-refractivity contribution is 9.10. The van der Waals surface area contributed by atoms with Crippen LogP contribution in [0, 0.1) is 5.82 Å². The minimum atomic E-state index is -0.402. The monoisotopic (exact) mass is 489 g/mol. The van der Waals surface area contributed by atoms with Crippen LogP contribution in [-0.4, -0.2) is 41.2 Å². The molecular weight excluding hydrogens is 469 g/mol. The number of aromatic hydroxyl groups is 1. The third kappa shape index (κ3) is 4.77. The summed E-state index contributed by atoms with van der Waals surface area (Å²) in [5.41, 5.74) is 2.02. The van der Waals surface area contributed by atoms with Gasteiger partial charge < -0.3 is 15.3 Å². The highest BCUT2D eigenvalue weighted by Gasteiger charge is 2.16. The number of pyridine rings is 1. The molecule has 0 atom stereocenters. The lowest BCUT2D eigenvalue weighted by atomic mass is 10.0. The first kappa shape index (κ1) is 21.1. The molecule has 0 saturated carbocycles. The average molecular weight is 491 g/mol. The highest BCUT2D eigenvalue weighted by Crippen LogP contribution is 2.37. The molecule has 0 unspecified atom stereocenters. The van der Waals surface area contributed by atoms with Crippen molar-refractivity contribution >= 4 is 33.3 Å². The summed E-state index contributed by atoms with van der Waals surface area (Å²) in [7, 11) is 0. The van der Waals surface area contributed by atoms with Gasteiger partial charge in [-0.1, -0.05) is 33.6 Å². The van der Waals surface area contributed by atoms with Crippen LogP contribution >= 0.6 is 27.5 Å². The summed E-state index contributed by atoms with van der Waals surface area (Å²) in [4.78, 5) is 7.09. The summed E-state index contributed by atoms with van der Waals surface area (Å²) in [5.74, 6) is 0.312. The van der Waals surface area contributed by atoms with Gasteiger partial charge in [0.15, 0.2) is 0 Å². The third-order valence-electron chi connectivity index (χ3n) is 5.24. The first-order valence-electron chi connectivity index (χ1n) is 9.93. The lowest BCUT2D eigenvalue weighted by Gasteiger charge is -2.17. The first-order chi connectivity index (χ1) is 14.5. The van der Waals surface area contributed by atoms with E-state index in [1.165, 1.54) is 18.9 Å². The molecule has 0 amide bonds. The first-order valence-corrected chi connectivity index (χ1v) is 11.1. The van der Waals surface area contributed by atoms with Gasteiger partial charge in [0.2, 0.25) is 0 Å². The molecule has 3 aromatic rings. The summed E-state index contributed by atoms with van der Waals surface area (Å²) in [6.45, 7) is 3.89. The van der Waals surface area contributed by atoms with Crippen molar-refractivity contribution in [2.45, 2.75) is 12.8 Å². The van der Waals surface area contributed by atoms with Crippen molar-refractivity contribution in [1.29, 1.82) is 0 Å². The fourth-order valence-corrected chi connectivity index (χ4v) is 4.37. The zero-order chi connectivity index (χ0) is 21.1. The number of hydrogen-bond donors (Lipinski definition) is 2. The van der Waals surface area contributed by atoms with Crippen molar-refractivity contribution in [2.24, 2.45) is 0 Å². The Labute approximate surface area is 188 Å². The Morgan fingerprint density at radius 2 is 1.93 bits per heavy atom. The largest absolute Gasteiger partial charge is 0.507 e. The van der Waals surface area contributed by atoms with Gasteiger partial charge in [-0.3, -0.25) is 0 Å². The molecule has 156 valence electrons. The van der Waals surface area contributed by atoms with Crippen molar-refractivity contribution < 1.29 is 9.50 Å². The molecule has 0 radical (unpaired) electrons. The second-order valence-electron chi connectivity index (χ2n) is 7.36. The molecule has 0 bridgehead atoms. The van der Waals surface area contributed by atoms with Gasteiger partial charge in [-0.05, 0) is 74.0 Å². The van der Waals surface area contributed by atoms with Crippen molar-refractivity contribution in [2.75, 3.05) is 31.5 Å². The number of likely N-dealkylation sites (tertiary alicyclic amines) is 1. The number of phenolic OH excluding ortho intramolecular Hbond substituents is 1. The van der Waals surface area contributed by atoms with Gasteiger partial charge in [-0.25, -0.2) is 9.37 Å². The molecule has 1 fully saturated rings. The van der Waals surface area contributed by atoms with Crippen molar-refractivity contribution in [3.05, 3.63) is 63.8 Å². The predicted molar refractivity (Wildman–Crippen MR) is 124 cm³/mol. The van der Waals surface area contributed by atoms with Gasteiger partial charge in [0.25, 0.3) is 0 Å². The average Bonchev–Trinajstić information content (AvgIpc) is 3.23. The van der Waals surface area contributed by atoms with Gasteiger partial charge in [0.05, 0.1) is 10.7 Å². The van der Waals surface area contributed by atoms with Crippen molar-refractivity contribution in [1.82, 2.24) is 9.88 Å². The summed E-state index contributed by atoms with van der Waals surface area (Å²) in [5, 5.41) is 14.1. The minimum absolute atomic E-state index is 0.102. The van der Waals surface area contributed by atoms with E-state index in [2.05, 4.69) is 31.1 Å². The number of aromatic nitrogens is 1. The number of hydrogen-bond acceptors (Lipinski definition) is 4. The van der Waals surface area contributed by atoms with Crippen molar-refractivity contribution in [3.63, 3.8) is 0 Å². The molecule has 7 heteroatoms. The van der Waals surface area contributed by atoms with Gasteiger partial charge >= 0.3 is 0 Å². The fraction of sp³-hybridized carbons (Fsp3) is 0.261. The quantitative estimate of drug-likeness (QED) is 0.433. The number of rotatable bonds is 6. The third-order valence-corrected chi connectivity index (χ3v) is 6.05. The second-order valence-corrected chi connectivity index (χ2v) is 8.68. The molecule has 0 spiro atoms. The van der Waals surface area contributed by atoms with E-state index in [1.54, 1.807) is 42.5 Å². The van der Waals surface area contributed by atoms with E-state index in [0.717, 1.165) is 30.7 Å². The Hall–Kier alpha value is -2.15. The number of benzene rings is 2. The maximum absolute atomic E-state index is 14.6. The van der Waals surface area contributed by atoms with E-state index in [-0.39, 0.29) is 5.75 Å². The van der Waals surface area contributed by atoms with Crippen LogP contribution in [0.2, 0.25) is 5.02 Å². The van der Waals surface area contributed by atoms with E-state index in [1.807, 2.05) is 0 Å². The molecule has 1 aromatic heterocycles. The normalized spacial score (nSPS) is 14.2. The van der Waals surface area contributed by atoms with Crippen molar-refractivity contribution in [3.8, 4) is 28.1 Å².